The van der Waals surface area contributed by atoms with Crippen molar-refractivity contribution in [3.63, 3.8) is 0 Å². The summed E-state index contributed by atoms with van der Waals surface area (Å²) in [4.78, 5) is 30.2. The Bertz CT molecular complexity index is 1640. The SMILES string of the molecule is CNC(=O)[C@H](Cc1ccccc1)N(Cc1cccc(C)c1)C(=O)CN(c1ccc(C)cc1)S(=O)(=O)c1ccc(SC)cc1. The molecule has 0 aliphatic rings. The summed E-state index contributed by atoms with van der Waals surface area (Å²) < 4.78 is 29.3. The lowest BCUT2D eigenvalue weighted by Crippen LogP contribution is -2.53. The number of anilines is 1. The molecular formula is C34H37N3O4S2. The maximum absolute atomic E-state index is 14.4. The third kappa shape index (κ3) is 8.06. The molecule has 1 N–H and O–H groups in total. The first-order valence-corrected chi connectivity index (χ1v) is 16.6. The summed E-state index contributed by atoms with van der Waals surface area (Å²) >= 11 is 1.51. The zero-order valence-electron chi connectivity index (χ0n) is 24.9. The molecule has 0 radical (unpaired) electrons. The Morgan fingerprint density at radius 3 is 2.07 bits per heavy atom. The average Bonchev–Trinajstić information content (AvgIpc) is 3.02. The van der Waals surface area contributed by atoms with Crippen molar-refractivity contribution in [2.24, 2.45) is 0 Å². The van der Waals surface area contributed by atoms with Crippen LogP contribution in [0.1, 0.15) is 22.3 Å². The predicted octanol–water partition coefficient (Wildman–Crippen LogP) is 5.61. The highest BCUT2D eigenvalue weighted by Gasteiger charge is 2.34. The molecule has 2 amide bonds. The van der Waals surface area contributed by atoms with Crippen molar-refractivity contribution in [1.29, 1.82) is 0 Å². The number of sulfonamides is 1. The molecule has 0 aliphatic heterocycles. The van der Waals surface area contributed by atoms with E-state index in [4.69, 9.17) is 0 Å². The van der Waals surface area contributed by atoms with E-state index in [9.17, 15) is 18.0 Å². The van der Waals surface area contributed by atoms with Crippen LogP contribution in [0.2, 0.25) is 0 Å². The number of carbonyl (C=O) groups excluding carboxylic acids is 2. The van der Waals surface area contributed by atoms with Gasteiger partial charge in [0.05, 0.1) is 10.6 Å². The van der Waals surface area contributed by atoms with Crippen molar-refractivity contribution in [3.8, 4) is 0 Å². The molecule has 4 aromatic rings. The van der Waals surface area contributed by atoms with Gasteiger partial charge in [0.1, 0.15) is 12.6 Å². The molecule has 9 heteroatoms. The van der Waals surface area contributed by atoms with Crippen molar-refractivity contribution in [1.82, 2.24) is 10.2 Å². The van der Waals surface area contributed by atoms with Crippen molar-refractivity contribution >= 4 is 39.3 Å². The van der Waals surface area contributed by atoms with Crippen LogP contribution >= 0.6 is 11.8 Å². The van der Waals surface area contributed by atoms with E-state index < -0.39 is 28.5 Å². The Morgan fingerprint density at radius 2 is 1.47 bits per heavy atom. The minimum Gasteiger partial charge on any atom is -0.357 e. The Labute approximate surface area is 259 Å². The summed E-state index contributed by atoms with van der Waals surface area (Å²) in [6.45, 7) is 3.53. The van der Waals surface area contributed by atoms with Gasteiger partial charge in [0, 0.05) is 24.9 Å². The predicted molar refractivity (Wildman–Crippen MR) is 174 cm³/mol. The van der Waals surface area contributed by atoms with Crippen LogP contribution in [0.4, 0.5) is 5.69 Å². The zero-order chi connectivity index (χ0) is 31.0. The van der Waals surface area contributed by atoms with E-state index in [1.165, 1.54) is 23.7 Å². The third-order valence-corrected chi connectivity index (χ3v) is 9.73. The van der Waals surface area contributed by atoms with Crippen molar-refractivity contribution in [2.45, 2.75) is 42.6 Å². The topological polar surface area (TPSA) is 86.8 Å². The molecule has 224 valence electrons. The molecule has 4 rings (SSSR count). The maximum Gasteiger partial charge on any atom is 0.264 e. The highest BCUT2D eigenvalue weighted by Crippen LogP contribution is 2.27. The zero-order valence-corrected chi connectivity index (χ0v) is 26.5. The number of hydrogen-bond donors (Lipinski definition) is 1. The second kappa shape index (κ2) is 14.4. The molecule has 4 aromatic carbocycles. The van der Waals surface area contributed by atoms with E-state index in [1.54, 1.807) is 36.4 Å². The van der Waals surface area contributed by atoms with Gasteiger partial charge in [-0.2, -0.15) is 0 Å². The van der Waals surface area contributed by atoms with Gasteiger partial charge in [-0.25, -0.2) is 8.42 Å². The minimum absolute atomic E-state index is 0.0797. The van der Waals surface area contributed by atoms with Crippen molar-refractivity contribution in [2.75, 3.05) is 24.2 Å². The van der Waals surface area contributed by atoms with Gasteiger partial charge < -0.3 is 10.2 Å². The van der Waals surface area contributed by atoms with Gasteiger partial charge >= 0.3 is 0 Å². The Hall–Kier alpha value is -4.08. The smallest absolute Gasteiger partial charge is 0.264 e. The molecule has 0 saturated heterocycles. The number of amides is 2. The molecule has 0 saturated carbocycles. The number of nitrogens with one attached hydrogen (secondary N) is 1. The summed E-state index contributed by atoms with van der Waals surface area (Å²) in [5.41, 5.74) is 4.06. The van der Waals surface area contributed by atoms with Crippen molar-refractivity contribution in [3.05, 3.63) is 125 Å². The van der Waals surface area contributed by atoms with Gasteiger partial charge in [0.2, 0.25) is 11.8 Å². The average molecular weight is 616 g/mol. The normalized spacial score (nSPS) is 11.9. The Morgan fingerprint density at radius 1 is 0.814 bits per heavy atom. The molecular weight excluding hydrogens is 579 g/mol. The molecule has 0 unspecified atom stereocenters. The van der Waals surface area contributed by atoms with Gasteiger partial charge in [0.15, 0.2) is 0 Å². The summed E-state index contributed by atoms with van der Waals surface area (Å²) in [7, 11) is -2.60. The number of rotatable bonds is 12. The van der Waals surface area contributed by atoms with Crippen LogP contribution in [-0.4, -0.2) is 51.0 Å². The molecule has 0 spiro atoms. The maximum atomic E-state index is 14.4. The lowest BCUT2D eigenvalue weighted by atomic mass is 10.0. The molecule has 0 heterocycles. The van der Waals surface area contributed by atoms with Crippen LogP contribution in [0.25, 0.3) is 0 Å². The van der Waals surface area contributed by atoms with Crippen LogP contribution < -0.4 is 9.62 Å². The second-order valence-corrected chi connectivity index (χ2v) is 13.1. The first-order chi connectivity index (χ1) is 20.6. The van der Waals surface area contributed by atoms with Crippen molar-refractivity contribution < 1.29 is 18.0 Å². The van der Waals surface area contributed by atoms with E-state index >= 15 is 0 Å². The number of hydrogen-bond acceptors (Lipinski definition) is 5. The van der Waals surface area contributed by atoms with E-state index in [2.05, 4.69) is 5.32 Å². The number of nitrogens with zero attached hydrogens (tertiary/aromatic N) is 2. The molecule has 43 heavy (non-hydrogen) atoms. The highest BCUT2D eigenvalue weighted by atomic mass is 32.2. The summed E-state index contributed by atoms with van der Waals surface area (Å²) in [5, 5.41) is 2.71. The van der Waals surface area contributed by atoms with Crippen LogP contribution in [-0.2, 0) is 32.6 Å². The Balaban J connectivity index is 1.78. The number of benzene rings is 4. The lowest BCUT2D eigenvalue weighted by Gasteiger charge is -2.33. The molecule has 1 atom stereocenters. The number of thioether (sulfide) groups is 1. The molecule has 0 aliphatic carbocycles. The summed E-state index contributed by atoms with van der Waals surface area (Å²) in [6, 6.07) is 30.0. The molecule has 0 aromatic heterocycles. The van der Waals surface area contributed by atoms with Crippen LogP contribution in [0.3, 0.4) is 0 Å². The van der Waals surface area contributed by atoms with Gasteiger partial charge in [0.25, 0.3) is 10.0 Å². The van der Waals surface area contributed by atoms with Crippen LogP contribution in [0.5, 0.6) is 0 Å². The number of aryl methyl sites for hydroxylation is 2. The van der Waals surface area contributed by atoms with Gasteiger partial charge in [-0.15, -0.1) is 11.8 Å². The Kier molecular flexibility index (Phi) is 10.7. The van der Waals surface area contributed by atoms with Crippen LogP contribution in [0, 0.1) is 13.8 Å². The standard InChI is InChI=1S/C34H37N3O4S2/c1-25-13-15-29(16-14-25)37(43(40,41)31-19-17-30(42-4)18-20-31)24-33(38)36(23-28-12-8-9-26(2)21-28)32(34(39)35-3)22-27-10-6-5-7-11-27/h5-21,32H,22-24H2,1-4H3,(H,35,39)/t32-/m0/s1. The van der Waals surface area contributed by atoms with Gasteiger partial charge in [-0.05, 0) is 67.6 Å². The van der Waals surface area contributed by atoms with E-state index in [-0.39, 0.29) is 23.8 Å². The third-order valence-electron chi connectivity index (χ3n) is 7.20. The largest absolute Gasteiger partial charge is 0.357 e. The fourth-order valence-corrected chi connectivity index (χ4v) is 6.66. The fourth-order valence-electron chi connectivity index (χ4n) is 4.84. The number of carbonyl (C=O) groups is 2. The van der Waals surface area contributed by atoms with Gasteiger partial charge in [-0.3, -0.25) is 13.9 Å². The summed E-state index contributed by atoms with van der Waals surface area (Å²) in [6.07, 6.45) is 2.19. The molecule has 0 bridgehead atoms. The van der Waals surface area contributed by atoms with E-state index in [1.807, 2.05) is 86.8 Å². The van der Waals surface area contributed by atoms with E-state index in [0.29, 0.717) is 5.69 Å². The van der Waals surface area contributed by atoms with Crippen LogP contribution in [0.15, 0.2) is 113 Å². The quantitative estimate of drug-likeness (QED) is 0.210. The van der Waals surface area contributed by atoms with Gasteiger partial charge in [-0.1, -0.05) is 77.9 Å². The first kappa shape index (κ1) is 31.8. The second-order valence-electron chi connectivity index (χ2n) is 10.4. The lowest BCUT2D eigenvalue weighted by molar-refractivity contribution is -0.139. The molecule has 0 fully saturated rings. The monoisotopic (exact) mass is 615 g/mol. The summed E-state index contributed by atoms with van der Waals surface area (Å²) in [5.74, 6) is -0.821. The fraction of sp³-hybridized carbons (Fsp3) is 0.235. The molecule has 7 nitrogen and oxygen atoms in total. The van der Waals surface area contributed by atoms with E-state index in [0.717, 1.165) is 31.5 Å². The first-order valence-electron chi connectivity index (χ1n) is 14.0. The minimum atomic E-state index is -4.13. The highest BCUT2D eigenvalue weighted by molar-refractivity contribution is 7.98. The number of likely N-dealkylation sites (N-methyl/N-ethyl adjacent to an activating group) is 1.